The Balaban J connectivity index is 1.86. The molecule has 1 amide bonds. The lowest BCUT2D eigenvalue weighted by Crippen LogP contribution is -2.23. The summed E-state index contributed by atoms with van der Waals surface area (Å²) < 4.78 is 5.30. The van der Waals surface area contributed by atoms with Crippen LogP contribution in [0.2, 0.25) is 0 Å². The van der Waals surface area contributed by atoms with Gasteiger partial charge in [0.25, 0.3) is 5.91 Å². The topological polar surface area (TPSA) is 71.3 Å². The first-order valence-corrected chi connectivity index (χ1v) is 6.90. The van der Waals surface area contributed by atoms with Crippen molar-refractivity contribution in [3.8, 4) is 0 Å². The molecule has 2 aromatic rings. The van der Waals surface area contributed by atoms with Gasteiger partial charge in [-0.3, -0.25) is 4.79 Å². The smallest absolute Gasteiger partial charge is 0.273 e. The molecule has 1 unspecified atom stereocenters. The second kappa shape index (κ2) is 6.88. The Kier molecular flexibility index (Phi) is 4.92. The zero-order valence-electron chi connectivity index (χ0n) is 12.5. The number of furan rings is 1. The van der Waals surface area contributed by atoms with E-state index < -0.39 is 0 Å². The minimum Gasteiger partial charge on any atom is -0.469 e. The number of amides is 1. The Bertz CT molecular complexity index is 564. The molecule has 0 fully saturated rings. The zero-order valence-corrected chi connectivity index (χ0v) is 12.5. The molecule has 2 aromatic heterocycles. The summed E-state index contributed by atoms with van der Waals surface area (Å²) in [6.07, 6.45) is 3.47. The van der Waals surface area contributed by atoms with Crippen molar-refractivity contribution in [3.63, 3.8) is 0 Å². The van der Waals surface area contributed by atoms with Crippen molar-refractivity contribution in [1.29, 1.82) is 0 Å². The molecule has 6 nitrogen and oxygen atoms in total. The summed E-state index contributed by atoms with van der Waals surface area (Å²) in [5, 5.41) is 11.2. The third kappa shape index (κ3) is 4.30. The number of hydrogen-bond acceptors (Lipinski definition) is 5. The van der Waals surface area contributed by atoms with Crippen molar-refractivity contribution in [3.05, 3.63) is 42.0 Å². The number of hydrogen-bond donors (Lipinski definition) is 1. The third-order valence-electron chi connectivity index (χ3n) is 3.09. The van der Waals surface area contributed by atoms with Crippen molar-refractivity contribution in [2.45, 2.75) is 25.8 Å². The van der Waals surface area contributed by atoms with Gasteiger partial charge in [-0.15, -0.1) is 10.2 Å². The van der Waals surface area contributed by atoms with Crippen LogP contribution in [0.1, 0.15) is 29.6 Å². The van der Waals surface area contributed by atoms with E-state index in [0.717, 1.165) is 18.6 Å². The van der Waals surface area contributed by atoms with Gasteiger partial charge in [0.2, 0.25) is 0 Å². The molecular weight excluding hydrogens is 268 g/mol. The van der Waals surface area contributed by atoms with Gasteiger partial charge in [-0.25, -0.2) is 0 Å². The fourth-order valence-corrected chi connectivity index (χ4v) is 1.89. The molecule has 21 heavy (non-hydrogen) atoms. The minimum absolute atomic E-state index is 0.153. The van der Waals surface area contributed by atoms with E-state index in [0.29, 0.717) is 11.5 Å². The summed E-state index contributed by atoms with van der Waals surface area (Å²) in [6, 6.07) is 7.54. The number of nitrogens with one attached hydrogen (secondary N) is 1. The van der Waals surface area contributed by atoms with Crippen LogP contribution in [0.15, 0.2) is 34.9 Å². The lowest BCUT2D eigenvalue weighted by Gasteiger charge is -2.14. The van der Waals surface area contributed by atoms with Gasteiger partial charge in [-0.2, -0.15) is 0 Å². The Labute approximate surface area is 124 Å². The highest BCUT2D eigenvalue weighted by Crippen LogP contribution is 2.10. The van der Waals surface area contributed by atoms with E-state index in [9.17, 15) is 4.79 Å². The van der Waals surface area contributed by atoms with Crippen LogP contribution < -0.4 is 5.32 Å². The number of carbonyl (C=O) groups excluding carboxylic acids is 1. The zero-order chi connectivity index (χ0) is 15.2. The van der Waals surface area contributed by atoms with Crippen LogP contribution in [-0.2, 0) is 6.42 Å². The molecule has 2 heterocycles. The first-order chi connectivity index (χ1) is 10.1. The monoisotopic (exact) mass is 288 g/mol. The fraction of sp³-hybridized carbons (Fsp3) is 0.400. The van der Waals surface area contributed by atoms with E-state index in [2.05, 4.69) is 22.4 Å². The second-order valence-corrected chi connectivity index (χ2v) is 5.17. The van der Waals surface area contributed by atoms with E-state index >= 15 is 0 Å². The van der Waals surface area contributed by atoms with Crippen LogP contribution in [0.3, 0.4) is 0 Å². The third-order valence-corrected chi connectivity index (χ3v) is 3.09. The van der Waals surface area contributed by atoms with Crippen molar-refractivity contribution >= 4 is 11.7 Å². The maximum atomic E-state index is 11.7. The molecule has 0 aliphatic heterocycles. The highest BCUT2D eigenvalue weighted by atomic mass is 16.3. The molecule has 6 heteroatoms. The van der Waals surface area contributed by atoms with Gasteiger partial charge in [0.15, 0.2) is 5.69 Å². The molecule has 0 aromatic carbocycles. The Morgan fingerprint density at radius 1 is 1.33 bits per heavy atom. The Morgan fingerprint density at radius 3 is 2.71 bits per heavy atom. The predicted molar refractivity (Wildman–Crippen MR) is 80.2 cm³/mol. The largest absolute Gasteiger partial charge is 0.469 e. The average Bonchev–Trinajstić information content (AvgIpc) is 2.98. The molecule has 1 atom stereocenters. The van der Waals surface area contributed by atoms with Crippen LogP contribution >= 0.6 is 0 Å². The number of rotatable bonds is 6. The molecule has 0 radical (unpaired) electrons. The van der Waals surface area contributed by atoms with Crippen LogP contribution in [0.4, 0.5) is 5.82 Å². The van der Waals surface area contributed by atoms with E-state index in [1.807, 2.05) is 12.1 Å². The molecule has 0 saturated carbocycles. The SMILES string of the molecule is CC(CCc1ccco1)Nc1ccc(C(=O)N(C)C)nn1. The molecule has 112 valence electrons. The van der Waals surface area contributed by atoms with Crippen molar-refractivity contribution in [2.24, 2.45) is 0 Å². The van der Waals surface area contributed by atoms with Gasteiger partial charge in [-0.1, -0.05) is 0 Å². The molecule has 0 bridgehead atoms. The maximum absolute atomic E-state index is 11.7. The Morgan fingerprint density at radius 2 is 2.14 bits per heavy atom. The lowest BCUT2D eigenvalue weighted by molar-refractivity contribution is 0.0821. The summed E-state index contributed by atoms with van der Waals surface area (Å²) in [6.45, 7) is 2.07. The van der Waals surface area contributed by atoms with Gasteiger partial charge in [-0.05, 0) is 37.6 Å². The van der Waals surface area contributed by atoms with Gasteiger partial charge >= 0.3 is 0 Å². The predicted octanol–water partition coefficient (Wildman–Crippen LogP) is 2.20. The van der Waals surface area contributed by atoms with Crippen LogP contribution in [0.5, 0.6) is 0 Å². The van der Waals surface area contributed by atoms with Crippen molar-refractivity contribution in [2.75, 3.05) is 19.4 Å². The van der Waals surface area contributed by atoms with Gasteiger partial charge in [0, 0.05) is 26.6 Å². The number of aromatic nitrogens is 2. The van der Waals surface area contributed by atoms with Crippen LogP contribution in [-0.4, -0.2) is 41.1 Å². The van der Waals surface area contributed by atoms with E-state index in [4.69, 9.17) is 4.42 Å². The summed E-state index contributed by atoms with van der Waals surface area (Å²) in [4.78, 5) is 13.2. The fourth-order valence-electron chi connectivity index (χ4n) is 1.89. The standard InChI is InChI=1S/C15H20N4O2/c1-11(6-7-12-5-4-10-21-12)16-14-9-8-13(17-18-14)15(20)19(2)3/h4-5,8-11H,6-7H2,1-3H3,(H,16,18). The summed E-state index contributed by atoms with van der Waals surface area (Å²) in [5.74, 6) is 1.49. The lowest BCUT2D eigenvalue weighted by atomic mass is 10.1. The normalized spacial score (nSPS) is 12.0. The quantitative estimate of drug-likeness (QED) is 0.882. The molecule has 0 aliphatic rings. The first kappa shape index (κ1) is 15.0. The number of aryl methyl sites for hydroxylation is 1. The van der Waals surface area contributed by atoms with Crippen LogP contribution in [0.25, 0.3) is 0 Å². The Hall–Kier alpha value is -2.37. The molecule has 2 rings (SSSR count). The number of anilines is 1. The molecule has 0 aliphatic carbocycles. The van der Waals surface area contributed by atoms with Crippen LogP contribution in [0, 0.1) is 0 Å². The molecule has 0 spiro atoms. The molecule has 1 N–H and O–H groups in total. The van der Waals surface area contributed by atoms with E-state index in [1.54, 1.807) is 32.5 Å². The first-order valence-electron chi connectivity index (χ1n) is 6.90. The van der Waals surface area contributed by atoms with Gasteiger partial charge < -0.3 is 14.6 Å². The van der Waals surface area contributed by atoms with E-state index in [1.165, 1.54) is 4.90 Å². The summed E-state index contributed by atoms with van der Waals surface area (Å²) >= 11 is 0. The summed E-state index contributed by atoms with van der Waals surface area (Å²) in [7, 11) is 3.37. The highest BCUT2D eigenvalue weighted by Gasteiger charge is 2.11. The van der Waals surface area contributed by atoms with Crippen molar-refractivity contribution in [1.82, 2.24) is 15.1 Å². The minimum atomic E-state index is -0.153. The molecular formula is C15H20N4O2. The second-order valence-electron chi connectivity index (χ2n) is 5.17. The molecule has 0 saturated heterocycles. The average molecular weight is 288 g/mol. The van der Waals surface area contributed by atoms with Crippen molar-refractivity contribution < 1.29 is 9.21 Å². The van der Waals surface area contributed by atoms with E-state index in [-0.39, 0.29) is 11.9 Å². The van der Waals surface area contributed by atoms with Gasteiger partial charge in [0.05, 0.1) is 6.26 Å². The maximum Gasteiger partial charge on any atom is 0.273 e. The summed E-state index contributed by atoms with van der Waals surface area (Å²) in [5.41, 5.74) is 0.341. The number of carbonyl (C=O) groups is 1. The number of nitrogens with zero attached hydrogens (tertiary/aromatic N) is 3. The highest BCUT2D eigenvalue weighted by molar-refractivity contribution is 5.91. The van der Waals surface area contributed by atoms with Gasteiger partial charge in [0.1, 0.15) is 11.6 Å².